The molecule has 0 radical (unpaired) electrons. The van der Waals surface area contributed by atoms with Crippen molar-refractivity contribution in [1.82, 2.24) is 0 Å². The largest absolute Gasteiger partial charge is 0.444 e. The quantitative estimate of drug-likeness (QED) is 0.824. The normalized spacial score (nSPS) is 11.0. The smallest absolute Gasteiger partial charge is 0.412 e. The maximum atomic E-state index is 12.1. The molecule has 0 heterocycles. The molecule has 132 valence electrons. The lowest BCUT2D eigenvalue weighted by Gasteiger charge is -2.19. The topological polar surface area (TPSA) is 55.4 Å². The van der Waals surface area contributed by atoms with Gasteiger partial charge in [0.25, 0.3) is 0 Å². The second kappa shape index (κ2) is 8.47. The number of hydrogen-bond acceptors (Lipinski definition) is 3. The van der Waals surface area contributed by atoms with Crippen LogP contribution in [0.3, 0.4) is 0 Å². The predicted octanol–water partition coefficient (Wildman–Crippen LogP) is 4.78. The Kier molecular flexibility index (Phi) is 6.34. The van der Waals surface area contributed by atoms with Gasteiger partial charge in [-0.2, -0.15) is 0 Å². The minimum absolute atomic E-state index is 0.205. The van der Waals surface area contributed by atoms with Crippen LogP contribution in [0.1, 0.15) is 38.3 Å². The molecule has 0 spiro atoms. The Hall–Kier alpha value is -2.62. The van der Waals surface area contributed by atoms with Crippen molar-refractivity contribution in [3.05, 3.63) is 65.7 Å². The van der Waals surface area contributed by atoms with Gasteiger partial charge in [-0.05, 0) is 50.5 Å². The number of rotatable bonds is 6. The number of ketones is 1. The van der Waals surface area contributed by atoms with Crippen LogP contribution in [0.4, 0.5) is 10.5 Å². The summed E-state index contributed by atoms with van der Waals surface area (Å²) >= 11 is 0. The summed E-state index contributed by atoms with van der Waals surface area (Å²) in [4.78, 5) is 23.9. The van der Waals surface area contributed by atoms with Gasteiger partial charge >= 0.3 is 6.09 Å². The Bertz CT molecular complexity index is 717. The number of nitrogens with one attached hydrogen (secondary N) is 1. The van der Waals surface area contributed by atoms with E-state index in [9.17, 15) is 9.59 Å². The Morgan fingerprint density at radius 2 is 1.64 bits per heavy atom. The molecule has 0 unspecified atom stereocenters. The number of anilines is 1. The first kappa shape index (κ1) is 18.7. The summed E-state index contributed by atoms with van der Waals surface area (Å²) in [6.07, 6.45) is 1.10. The van der Waals surface area contributed by atoms with E-state index in [2.05, 4.69) is 5.32 Å². The first-order chi connectivity index (χ1) is 11.8. The Labute approximate surface area is 149 Å². The van der Waals surface area contributed by atoms with Crippen LogP contribution in [0.2, 0.25) is 0 Å². The van der Waals surface area contributed by atoms with E-state index in [1.165, 1.54) is 0 Å². The van der Waals surface area contributed by atoms with Crippen LogP contribution < -0.4 is 5.32 Å². The SMILES string of the molecule is CC(C)(C)OC(=O)Nc1cccc(CCC(=O)Cc2ccccc2)c1. The average Bonchev–Trinajstić information content (AvgIpc) is 2.52. The van der Waals surface area contributed by atoms with Gasteiger partial charge in [0.2, 0.25) is 0 Å². The zero-order valence-corrected chi connectivity index (χ0v) is 15.0. The van der Waals surface area contributed by atoms with Gasteiger partial charge in [-0.15, -0.1) is 0 Å². The molecule has 2 aromatic carbocycles. The second-order valence-corrected chi connectivity index (χ2v) is 7.03. The lowest BCUT2D eigenvalue weighted by Crippen LogP contribution is -2.27. The molecule has 1 N–H and O–H groups in total. The van der Waals surface area contributed by atoms with Crippen LogP contribution in [0, 0.1) is 0 Å². The van der Waals surface area contributed by atoms with Crippen LogP contribution in [0.5, 0.6) is 0 Å². The van der Waals surface area contributed by atoms with Gasteiger partial charge in [0, 0.05) is 18.5 Å². The van der Waals surface area contributed by atoms with Crippen LogP contribution in [0.15, 0.2) is 54.6 Å². The van der Waals surface area contributed by atoms with Crippen molar-refractivity contribution in [1.29, 1.82) is 0 Å². The molecule has 0 atom stereocenters. The molecule has 0 aliphatic heterocycles. The monoisotopic (exact) mass is 339 g/mol. The van der Waals surface area contributed by atoms with Crippen LogP contribution in [-0.4, -0.2) is 17.5 Å². The third-order valence-corrected chi connectivity index (χ3v) is 3.51. The number of ether oxygens (including phenoxy) is 1. The van der Waals surface area contributed by atoms with E-state index >= 15 is 0 Å². The number of Topliss-reactive ketones (excluding diaryl/α,β-unsaturated/α-hetero) is 1. The molecule has 0 fully saturated rings. The van der Waals surface area contributed by atoms with Gasteiger partial charge < -0.3 is 4.74 Å². The molecule has 2 rings (SSSR count). The number of amides is 1. The predicted molar refractivity (Wildman–Crippen MR) is 99.8 cm³/mol. The molecule has 1 amide bonds. The summed E-state index contributed by atoms with van der Waals surface area (Å²) in [7, 11) is 0. The van der Waals surface area contributed by atoms with Gasteiger partial charge in [0.1, 0.15) is 11.4 Å². The van der Waals surface area contributed by atoms with Crippen LogP contribution in [-0.2, 0) is 22.4 Å². The summed E-state index contributed by atoms with van der Waals surface area (Å²) in [5.74, 6) is 0.205. The second-order valence-electron chi connectivity index (χ2n) is 7.03. The molecule has 25 heavy (non-hydrogen) atoms. The van der Waals surface area contributed by atoms with E-state index in [1.807, 2.05) is 69.3 Å². The fraction of sp³-hybridized carbons (Fsp3) is 0.333. The van der Waals surface area contributed by atoms with Crippen molar-refractivity contribution in [2.45, 2.75) is 45.6 Å². The highest BCUT2D eigenvalue weighted by atomic mass is 16.6. The summed E-state index contributed by atoms with van der Waals surface area (Å²) in [6, 6.07) is 17.2. The van der Waals surface area contributed by atoms with Crippen LogP contribution in [0.25, 0.3) is 0 Å². The first-order valence-electron chi connectivity index (χ1n) is 8.46. The zero-order chi connectivity index (χ0) is 18.3. The Morgan fingerprint density at radius 1 is 0.960 bits per heavy atom. The van der Waals surface area contributed by atoms with E-state index in [0.717, 1.165) is 11.1 Å². The number of benzene rings is 2. The van der Waals surface area contributed by atoms with Gasteiger partial charge in [0.05, 0.1) is 0 Å². The number of carbonyl (C=O) groups excluding carboxylic acids is 2. The summed E-state index contributed by atoms with van der Waals surface area (Å²) in [5, 5.41) is 2.72. The molecule has 0 bridgehead atoms. The van der Waals surface area contributed by atoms with E-state index in [-0.39, 0.29) is 5.78 Å². The van der Waals surface area contributed by atoms with Crippen molar-refractivity contribution >= 4 is 17.6 Å². The molecule has 4 heteroatoms. The zero-order valence-electron chi connectivity index (χ0n) is 15.0. The van der Waals surface area contributed by atoms with Gasteiger partial charge in [-0.3, -0.25) is 10.1 Å². The summed E-state index contributed by atoms with van der Waals surface area (Å²) < 4.78 is 5.24. The van der Waals surface area contributed by atoms with Crippen molar-refractivity contribution in [3.63, 3.8) is 0 Å². The Balaban J connectivity index is 1.86. The maximum absolute atomic E-state index is 12.1. The molecule has 2 aromatic rings. The van der Waals surface area contributed by atoms with E-state index in [0.29, 0.717) is 24.9 Å². The van der Waals surface area contributed by atoms with Crippen molar-refractivity contribution in [2.75, 3.05) is 5.32 Å². The fourth-order valence-electron chi connectivity index (χ4n) is 2.42. The van der Waals surface area contributed by atoms with Crippen molar-refractivity contribution in [2.24, 2.45) is 0 Å². The third-order valence-electron chi connectivity index (χ3n) is 3.51. The number of aryl methyl sites for hydroxylation is 1. The maximum Gasteiger partial charge on any atom is 0.412 e. The van der Waals surface area contributed by atoms with Crippen molar-refractivity contribution < 1.29 is 14.3 Å². The van der Waals surface area contributed by atoms with Gasteiger partial charge in [0.15, 0.2) is 0 Å². The van der Waals surface area contributed by atoms with E-state index in [4.69, 9.17) is 4.74 Å². The van der Waals surface area contributed by atoms with E-state index < -0.39 is 11.7 Å². The highest BCUT2D eigenvalue weighted by Gasteiger charge is 2.16. The lowest BCUT2D eigenvalue weighted by molar-refractivity contribution is -0.118. The molecule has 0 aromatic heterocycles. The highest BCUT2D eigenvalue weighted by Crippen LogP contribution is 2.15. The Morgan fingerprint density at radius 3 is 2.32 bits per heavy atom. The molecular weight excluding hydrogens is 314 g/mol. The minimum Gasteiger partial charge on any atom is -0.444 e. The number of hydrogen-bond donors (Lipinski definition) is 1. The summed E-state index contributed by atoms with van der Waals surface area (Å²) in [6.45, 7) is 5.46. The van der Waals surface area contributed by atoms with E-state index in [1.54, 1.807) is 6.07 Å². The highest BCUT2D eigenvalue weighted by molar-refractivity contribution is 5.85. The minimum atomic E-state index is -0.536. The van der Waals surface area contributed by atoms with Gasteiger partial charge in [-0.1, -0.05) is 42.5 Å². The standard InChI is InChI=1S/C21H25NO3/c1-21(2,3)25-20(24)22-18-11-7-10-17(14-18)12-13-19(23)15-16-8-5-4-6-9-16/h4-11,14H,12-13,15H2,1-3H3,(H,22,24). The third kappa shape index (κ3) is 7.21. The average molecular weight is 339 g/mol. The fourth-order valence-corrected chi connectivity index (χ4v) is 2.42. The van der Waals surface area contributed by atoms with Gasteiger partial charge in [-0.25, -0.2) is 4.79 Å². The molecule has 4 nitrogen and oxygen atoms in total. The molecule has 0 aliphatic carbocycles. The number of carbonyl (C=O) groups is 2. The summed E-state index contributed by atoms with van der Waals surface area (Å²) in [5.41, 5.74) is 2.18. The molecule has 0 aliphatic rings. The van der Waals surface area contributed by atoms with Crippen LogP contribution >= 0.6 is 0 Å². The first-order valence-corrected chi connectivity index (χ1v) is 8.46. The molecule has 0 saturated carbocycles. The molecule has 0 saturated heterocycles. The van der Waals surface area contributed by atoms with Crippen molar-refractivity contribution in [3.8, 4) is 0 Å². The lowest BCUT2D eigenvalue weighted by atomic mass is 10.0. The molecular formula is C21H25NO3.